The molecule has 3 aromatic carbocycles. The van der Waals surface area contributed by atoms with Crippen LogP contribution in [0.2, 0.25) is 0 Å². The van der Waals surface area contributed by atoms with Gasteiger partial charge in [0.25, 0.3) is 5.91 Å². The van der Waals surface area contributed by atoms with E-state index in [1.165, 1.54) is 24.3 Å². The summed E-state index contributed by atoms with van der Waals surface area (Å²) in [5.74, 6) is -2.55. The molecule has 0 saturated carbocycles. The van der Waals surface area contributed by atoms with Gasteiger partial charge in [-0.15, -0.1) is 0 Å². The monoisotopic (exact) mass is 454 g/mol. The van der Waals surface area contributed by atoms with Gasteiger partial charge in [-0.25, -0.2) is 0 Å². The number of phenols is 1. The molecule has 0 bridgehead atoms. The van der Waals surface area contributed by atoms with Crippen molar-refractivity contribution in [2.75, 3.05) is 0 Å². The predicted octanol–water partition coefficient (Wildman–Crippen LogP) is -1.79. The predicted molar refractivity (Wildman–Crippen MR) is 117 cm³/mol. The van der Waals surface area contributed by atoms with Gasteiger partial charge in [-0.3, -0.25) is 9.59 Å². The van der Waals surface area contributed by atoms with E-state index in [0.717, 1.165) is 11.1 Å². The molecule has 2 amide bonds. The molecule has 3 aromatic rings. The third-order valence-corrected chi connectivity index (χ3v) is 4.92. The second kappa shape index (κ2) is 12.8. The molecule has 0 radical (unpaired) electrons. The summed E-state index contributed by atoms with van der Waals surface area (Å²) < 4.78 is 0. The average molecular weight is 454 g/mol. The van der Waals surface area contributed by atoms with E-state index in [4.69, 9.17) is 0 Å². The van der Waals surface area contributed by atoms with Gasteiger partial charge in [0.2, 0.25) is 5.91 Å². The van der Waals surface area contributed by atoms with Crippen molar-refractivity contribution in [3.05, 3.63) is 102 Å². The molecule has 7 nitrogen and oxygen atoms in total. The van der Waals surface area contributed by atoms with Crippen molar-refractivity contribution in [3.63, 3.8) is 0 Å². The fourth-order valence-corrected chi connectivity index (χ4v) is 3.23. The molecular formula is C25H23N2NaO5. The molecule has 0 aliphatic carbocycles. The number of nitrogens with one attached hydrogen (secondary N) is 2. The van der Waals surface area contributed by atoms with Crippen LogP contribution in [0.3, 0.4) is 0 Å². The molecule has 3 rings (SSSR count). The number of aromatic hydroxyl groups is 1. The van der Waals surface area contributed by atoms with Gasteiger partial charge in [0.1, 0.15) is 11.8 Å². The summed E-state index contributed by atoms with van der Waals surface area (Å²) in [6.07, 6.45) is 0.223. The van der Waals surface area contributed by atoms with Crippen LogP contribution < -0.4 is 45.3 Å². The molecule has 0 saturated heterocycles. The minimum Gasteiger partial charge on any atom is -0.548 e. The van der Waals surface area contributed by atoms with Crippen LogP contribution in [0.5, 0.6) is 5.75 Å². The summed E-state index contributed by atoms with van der Waals surface area (Å²) in [6.45, 7) is 0. The van der Waals surface area contributed by atoms with Crippen molar-refractivity contribution in [2.45, 2.75) is 24.9 Å². The Hall–Kier alpha value is -3.13. The van der Waals surface area contributed by atoms with Crippen LogP contribution in [0.1, 0.15) is 21.5 Å². The summed E-state index contributed by atoms with van der Waals surface area (Å²) in [6, 6.07) is 21.3. The second-order valence-corrected chi connectivity index (χ2v) is 7.33. The number of hydrogen-bond acceptors (Lipinski definition) is 5. The molecular weight excluding hydrogens is 431 g/mol. The zero-order chi connectivity index (χ0) is 22.9. The molecule has 0 unspecified atom stereocenters. The summed E-state index contributed by atoms with van der Waals surface area (Å²) in [4.78, 5) is 37.3. The minimum atomic E-state index is -1.41. The van der Waals surface area contributed by atoms with E-state index in [9.17, 15) is 24.6 Å². The number of rotatable bonds is 9. The second-order valence-electron chi connectivity index (χ2n) is 7.33. The topological polar surface area (TPSA) is 119 Å². The number of aliphatic carboxylic acids is 1. The first-order chi connectivity index (χ1) is 15.4. The van der Waals surface area contributed by atoms with Crippen molar-refractivity contribution < 1.29 is 54.2 Å². The van der Waals surface area contributed by atoms with E-state index in [1.54, 1.807) is 24.3 Å². The van der Waals surface area contributed by atoms with Crippen LogP contribution in [0.4, 0.5) is 0 Å². The number of amides is 2. The summed E-state index contributed by atoms with van der Waals surface area (Å²) in [7, 11) is 0. The van der Waals surface area contributed by atoms with Gasteiger partial charge < -0.3 is 25.6 Å². The zero-order valence-electron chi connectivity index (χ0n) is 18.2. The number of benzene rings is 3. The molecule has 2 atom stereocenters. The largest absolute Gasteiger partial charge is 1.00 e. The van der Waals surface area contributed by atoms with Crippen LogP contribution in [0, 0.1) is 0 Å². The van der Waals surface area contributed by atoms with Crippen LogP contribution in [0.15, 0.2) is 84.9 Å². The van der Waals surface area contributed by atoms with Gasteiger partial charge in [0.15, 0.2) is 0 Å². The van der Waals surface area contributed by atoms with Gasteiger partial charge in [-0.2, -0.15) is 0 Å². The maximum atomic E-state index is 13.0. The Kier molecular flexibility index (Phi) is 10.1. The fraction of sp³-hybridized carbons (Fsp3) is 0.160. The Bertz CT molecular complexity index is 1060. The smallest absolute Gasteiger partial charge is 0.548 e. The van der Waals surface area contributed by atoms with E-state index >= 15 is 0 Å². The van der Waals surface area contributed by atoms with Crippen LogP contribution in [-0.4, -0.2) is 35.0 Å². The molecule has 0 heterocycles. The van der Waals surface area contributed by atoms with Gasteiger partial charge in [0, 0.05) is 12.0 Å². The molecule has 33 heavy (non-hydrogen) atoms. The molecule has 0 aliphatic rings. The maximum absolute atomic E-state index is 13.0. The molecule has 8 heteroatoms. The van der Waals surface area contributed by atoms with Crippen molar-refractivity contribution in [1.82, 2.24) is 10.6 Å². The summed E-state index contributed by atoms with van der Waals surface area (Å²) in [5.41, 5.74) is 1.79. The fourth-order valence-electron chi connectivity index (χ4n) is 3.23. The van der Waals surface area contributed by atoms with E-state index in [0.29, 0.717) is 0 Å². The number of carbonyl (C=O) groups is 3. The normalized spacial score (nSPS) is 12.0. The number of carboxylic acids is 1. The van der Waals surface area contributed by atoms with Gasteiger partial charge in [-0.05, 0) is 41.8 Å². The Labute approximate surface area is 214 Å². The van der Waals surface area contributed by atoms with Crippen molar-refractivity contribution in [1.29, 1.82) is 0 Å². The molecule has 3 N–H and O–H groups in total. The Morgan fingerprint density at radius 2 is 1.21 bits per heavy atom. The molecule has 0 aliphatic heterocycles. The first-order valence-electron chi connectivity index (χ1n) is 10.1. The third kappa shape index (κ3) is 8.05. The van der Waals surface area contributed by atoms with Crippen LogP contribution in [-0.2, 0) is 22.4 Å². The van der Waals surface area contributed by atoms with Crippen molar-refractivity contribution in [3.8, 4) is 5.75 Å². The molecule has 0 fully saturated rings. The van der Waals surface area contributed by atoms with Crippen LogP contribution in [0.25, 0.3) is 0 Å². The number of carbonyl (C=O) groups excluding carboxylic acids is 3. The third-order valence-electron chi connectivity index (χ3n) is 4.92. The number of carboxylic acid groups (broad SMARTS) is 1. The first-order valence-corrected chi connectivity index (χ1v) is 10.1. The van der Waals surface area contributed by atoms with Gasteiger partial charge in [-0.1, -0.05) is 60.7 Å². The van der Waals surface area contributed by atoms with E-state index in [1.807, 2.05) is 36.4 Å². The average Bonchev–Trinajstić information content (AvgIpc) is 2.80. The Morgan fingerprint density at radius 1 is 0.727 bits per heavy atom. The van der Waals surface area contributed by atoms with E-state index in [-0.39, 0.29) is 53.7 Å². The van der Waals surface area contributed by atoms with Crippen molar-refractivity contribution in [2.24, 2.45) is 0 Å². The number of phenolic OH excluding ortho intramolecular Hbond substituents is 1. The summed E-state index contributed by atoms with van der Waals surface area (Å²) >= 11 is 0. The van der Waals surface area contributed by atoms with E-state index in [2.05, 4.69) is 10.6 Å². The van der Waals surface area contributed by atoms with Crippen LogP contribution >= 0.6 is 0 Å². The SMILES string of the molecule is O=C(N[C@@H](Cc1ccccc1)C(=O)N[C@@H](Cc1ccccc1)C(=O)[O-])c1ccc(O)cc1.[Na+]. The van der Waals surface area contributed by atoms with Gasteiger partial charge in [0.05, 0.1) is 12.0 Å². The minimum absolute atomic E-state index is 0. The Morgan fingerprint density at radius 3 is 1.70 bits per heavy atom. The summed E-state index contributed by atoms with van der Waals surface area (Å²) in [5, 5.41) is 26.2. The van der Waals surface area contributed by atoms with E-state index < -0.39 is 29.9 Å². The molecule has 0 spiro atoms. The van der Waals surface area contributed by atoms with Crippen molar-refractivity contribution >= 4 is 17.8 Å². The van der Waals surface area contributed by atoms with Gasteiger partial charge >= 0.3 is 29.6 Å². The zero-order valence-corrected chi connectivity index (χ0v) is 20.2. The first kappa shape index (κ1) is 26.1. The standard InChI is InChI=1S/C25H24N2O5.Na/c28-20-13-11-19(12-14-20)23(29)26-21(15-17-7-3-1-4-8-17)24(30)27-22(25(31)32)16-18-9-5-2-6-10-18;/h1-14,21-22,28H,15-16H2,(H,26,29)(H,27,30)(H,31,32);/q;+1/p-1/t21-,22-;/m0./s1. The number of hydrogen-bond donors (Lipinski definition) is 3. The molecule has 0 aromatic heterocycles. The Balaban J connectivity index is 0.00000385. The maximum Gasteiger partial charge on any atom is 1.00 e. The molecule has 164 valence electrons. The quantitative estimate of drug-likeness (QED) is 0.330.